The van der Waals surface area contributed by atoms with Crippen LogP contribution in [0.1, 0.15) is 13.3 Å². The number of benzene rings is 1. The third-order valence-corrected chi connectivity index (χ3v) is 8.10. The lowest BCUT2D eigenvalue weighted by Gasteiger charge is -2.26. The van der Waals surface area contributed by atoms with E-state index in [0.29, 0.717) is 17.5 Å². The highest BCUT2D eigenvalue weighted by Gasteiger charge is 2.26. The predicted molar refractivity (Wildman–Crippen MR) is 105 cm³/mol. The van der Waals surface area contributed by atoms with Crippen molar-refractivity contribution in [2.45, 2.75) is 39.0 Å². The van der Waals surface area contributed by atoms with Gasteiger partial charge in [-0.1, -0.05) is 38.2 Å². The number of rotatable bonds is 9. The van der Waals surface area contributed by atoms with Gasteiger partial charge in [-0.2, -0.15) is 0 Å². The third-order valence-electron chi connectivity index (χ3n) is 3.25. The molecule has 24 heavy (non-hydrogen) atoms. The summed E-state index contributed by atoms with van der Waals surface area (Å²) in [6, 6.07) is 3.22. The van der Waals surface area contributed by atoms with Gasteiger partial charge in [0.1, 0.15) is 12.5 Å². The largest absolute Gasteiger partial charge is 0.360 e. The molecule has 0 aromatic heterocycles. The molecule has 0 fully saturated rings. The van der Waals surface area contributed by atoms with E-state index < -0.39 is 23.9 Å². The van der Waals surface area contributed by atoms with Crippen LogP contribution in [0.2, 0.25) is 30.7 Å². The molecule has 1 aromatic rings. The molecule has 138 valence electrons. The zero-order valence-electron chi connectivity index (χ0n) is 14.4. The number of hydrogen-bond acceptors (Lipinski definition) is 3. The highest BCUT2D eigenvalue weighted by molar-refractivity contribution is 9.10. The van der Waals surface area contributed by atoms with Crippen LogP contribution in [-0.2, 0) is 14.8 Å². The van der Waals surface area contributed by atoms with E-state index in [0.717, 1.165) is 16.4 Å². The third kappa shape index (κ3) is 6.63. The van der Waals surface area contributed by atoms with Crippen molar-refractivity contribution in [3.05, 3.63) is 27.4 Å². The van der Waals surface area contributed by atoms with E-state index >= 15 is 0 Å². The minimum absolute atomic E-state index is 0.0607. The summed E-state index contributed by atoms with van der Waals surface area (Å²) >= 11 is 9.33. The van der Waals surface area contributed by atoms with E-state index in [2.05, 4.69) is 35.6 Å². The molecule has 0 saturated carbocycles. The van der Waals surface area contributed by atoms with Gasteiger partial charge in [0.15, 0.2) is 0 Å². The Hall–Kier alpha value is -0.153. The second-order valence-corrected chi connectivity index (χ2v) is 15.6. The van der Waals surface area contributed by atoms with Gasteiger partial charge in [0.2, 0.25) is 10.0 Å². The van der Waals surface area contributed by atoms with E-state index in [1.54, 1.807) is 6.92 Å². The second kappa shape index (κ2) is 8.98. The lowest BCUT2D eigenvalue weighted by atomic mass is 10.3. The Bertz CT molecular complexity index is 667. The SMILES string of the molecule is CCCS(=O)(=O)N(COCC[Si](C)(C)C)c1cc(F)cc(Br)c1Cl. The van der Waals surface area contributed by atoms with Crippen LogP contribution in [0, 0.1) is 5.82 Å². The molecule has 0 radical (unpaired) electrons. The number of halogens is 3. The fourth-order valence-corrected chi connectivity index (χ4v) is 4.77. The van der Waals surface area contributed by atoms with Crippen molar-refractivity contribution in [2.75, 3.05) is 23.4 Å². The van der Waals surface area contributed by atoms with Crippen LogP contribution in [-0.4, -0.2) is 35.6 Å². The molecule has 9 heteroatoms. The van der Waals surface area contributed by atoms with Crippen LogP contribution in [0.5, 0.6) is 0 Å². The van der Waals surface area contributed by atoms with E-state index in [4.69, 9.17) is 16.3 Å². The molecular weight excluding hydrogens is 437 g/mol. The first-order valence-electron chi connectivity index (χ1n) is 7.70. The minimum atomic E-state index is -3.65. The van der Waals surface area contributed by atoms with E-state index in [1.165, 1.54) is 6.07 Å². The van der Waals surface area contributed by atoms with E-state index in [-0.39, 0.29) is 23.2 Å². The molecule has 0 aliphatic rings. The Kier molecular flexibility index (Phi) is 8.19. The van der Waals surface area contributed by atoms with Gasteiger partial charge in [-0.3, -0.25) is 0 Å². The lowest BCUT2D eigenvalue weighted by molar-refractivity contribution is 0.156. The minimum Gasteiger partial charge on any atom is -0.360 e. The zero-order valence-corrected chi connectivity index (χ0v) is 18.6. The number of sulfonamides is 1. The molecule has 0 spiro atoms. The van der Waals surface area contributed by atoms with Gasteiger partial charge in [0.05, 0.1) is 16.5 Å². The first-order valence-corrected chi connectivity index (χ1v) is 14.2. The number of anilines is 1. The van der Waals surface area contributed by atoms with E-state index in [1.807, 2.05) is 0 Å². The summed E-state index contributed by atoms with van der Waals surface area (Å²) in [7, 11) is -4.93. The van der Waals surface area contributed by atoms with Gasteiger partial charge >= 0.3 is 0 Å². The Morgan fingerprint density at radius 1 is 1.33 bits per heavy atom. The zero-order chi connectivity index (χ0) is 18.5. The maximum absolute atomic E-state index is 13.7. The van der Waals surface area contributed by atoms with Crippen LogP contribution in [0.4, 0.5) is 10.1 Å². The van der Waals surface area contributed by atoms with Crippen molar-refractivity contribution in [3.63, 3.8) is 0 Å². The van der Waals surface area contributed by atoms with Crippen molar-refractivity contribution in [1.82, 2.24) is 0 Å². The first-order chi connectivity index (χ1) is 11.0. The number of nitrogens with zero attached hydrogens (tertiary/aromatic N) is 1. The molecular formula is C15H24BrClFNO3SSi. The van der Waals surface area contributed by atoms with Crippen LogP contribution in [0.25, 0.3) is 0 Å². The predicted octanol–water partition coefficient (Wildman–Crippen LogP) is 5.10. The summed E-state index contributed by atoms with van der Waals surface area (Å²) in [6.45, 7) is 8.68. The van der Waals surface area contributed by atoms with Crippen LogP contribution in [0.15, 0.2) is 16.6 Å². The second-order valence-electron chi connectivity index (χ2n) is 6.73. The Morgan fingerprint density at radius 3 is 2.50 bits per heavy atom. The molecule has 0 atom stereocenters. The molecule has 4 nitrogen and oxygen atoms in total. The van der Waals surface area contributed by atoms with Crippen molar-refractivity contribution >= 4 is 51.3 Å². The monoisotopic (exact) mass is 459 g/mol. The molecule has 0 aliphatic heterocycles. The summed E-state index contributed by atoms with van der Waals surface area (Å²) in [5.74, 6) is -0.630. The highest BCUT2D eigenvalue weighted by atomic mass is 79.9. The summed E-state index contributed by atoms with van der Waals surface area (Å²) in [4.78, 5) is 0. The fourth-order valence-electron chi connectivity index (χ4n) is 1.92. The summed E-state index contributed by atoms with van der Waals surface area (Å²) in [5, 5.41) is 0.143. The summed E-state index contributed by atoms with van der Waals surface area (Å²) < 4.78 is 45.8. The van der Waals surface area contributed by atoms with Crippen LogP contribution >= 0.6 is 27.5 Å². The molecule has 1 aromatic carbocycles. The van der Waals surface area contributed by atoms with Crippen molar-refractivity contribution in [1.29, 1.82) is 0 Å². The fraction of sp³-hybridized carbons (Fsp3) is 0.600. The maximum Gasteiger partial charge on any atom is 0.237 e. The molecule has 0 saturated heterocycles. The molecule has 0 N–H and O–H groups in total. The van der Waals surface area contributed by atoms with Crippen LogP contribution < -0.4 is 4.31 Å². The normalized spacial score (nSPS) is 12.5. The standard InChI is InChI=1S/C15H24BrClFNO3SSi/c1-5-7-23(20,21)19(11-22-6-8-24(2,3)4)14-10-12(18)9-13(16)15(14)17/h9-10H,5-8,11H2,1-4H3. The quantitative estimate of drug-likeness (QED) is 0.223. The average molecular weight is 461 g/mol. The molecule has 0 amide bonds. The van der Waals surface area contributed by atoms with Crippen LogP contribution in [0.3, 0.4) is 0 Å². The molecule has 0 unspecified atom stereocenters. The Morgan fingerprint density at radius 2 is 1.96 bits per heavy atom. The van der Waals surface area contributed by atoms with Gasteiger partial charge in [-0.25, -0.2) is 17.1 Å². The van der Waals surface area contributed by atoms with Gasteiger partial charge in [0.25, 0.3) is 0 Å². The maximum atomic E-state index is 13.7. The highest BCUT2D eigenvalue weighted by Crippen LogP contribution is 2.35. The number of ether oxygens (including phenoxy) is 1. The smallest absolute Gasteiger partial charge is 0.237 e. The van der Waals surface area contributed by atoms with Crippen molar-refractivity contribution < 1.29 is 17.5 Å². The topological polar surface area (TPSA) is 46.6 Å². The van der Waals surface area contributed by atoms with Gasteiger partial charge in [-0.05, 0) is 40.5 Å². The van der Waals surface area contributed by atoms with Gasteiger partial charge < -0.3 is 4.74 Å². The first kappa shape index (κ1) is 21.9. The van der Waals surface area contributed by atoms with Gasteiger partial charge in [0, 0.05) is 19.2 Å². The molecule has 1 rings (SSSR count). The lowest BCUT2D eigenvalue weighted by Crippen LogP contribution is -2.36. The summed E-state index contributed by atoms with van der Waals surface area (Å²) in [6.07, 6.45) is 0.446. The molecule has 0 heterocycles. The van der Waals surface area contributed by atoms with Crippen molar-refractivity contribution in [3.8, 4) is 0 Å². The number of hydrogen-bond donors (Lipinski definition) is 0. The molecule has 0 bridgehead atoms. The summed E-state index contributed by atoms with van der Waals surface area (Å²) in [5.41, 5.74) is 0.0880. The average Bonchev–Trinajstić information content (AvgIpc) is 2.41. The van der Waals surface area contributed by atoms with E-state index in [9.17, 15) is 12.8 Å². The van der Waals surface area contributed by atoms with Crippen molar-refractivity contribution in [2.24, 2.45) is 0 Å². The Balaban J connectivity index is 3.08. The van der Waals surface area contributed by atoms with Gasteiger partial charge in [-0.15, -0.1) is 0 Å². The Labute approximate surface area is 158 Å². The molecule has 0 aliphatic carbocycles.